The van der Waals surface area contributed by atoms with Crippen molar-refractivity contribution in [2.24, 2.45) is 11.8 Å². The van der Waals surface area contributed by atoms with Crippen molar-refractivity contribution >= 4 is 80.4 Å². The number of allylic oxidation sites excluding steroid dienone is 1. The number of alkyl halides is 3. The molecule has 3 aliphatic rings. The summed E-state index contributed by atoms with van der Waals surface area (Å²) in [5, 5.41) is 10.7. The molecule has 7 aromatic rings. The molecule has 17 heteroatoms. The SMILES string of the molecule is Nc1ccc(CC(=O)[C@H]2CCC[C@@H](Nc3ncc(Cl)c(-c4c[nH]c5ccccc45)n3)C2)cc1.O=C(Cc1ccc(NC(=O)C(F)(F)F)cc1)[C@H]1CCC[C@@H](Nc2ncc(Cl)c(C3=CCc4ccccc43)n2)C1. The van der Waals surface area contributed by atoms with Crippen LogP contribution >= 0.6 is 23.2 Å². The van der Waals surface area contributed by atoms with E-state index >= 15 is 0 Å². The topological polar surface area (TPSA) is 181 Å². The van der Waals surface area contributed by atoms with Crippen LogP contribution < -0.4 is 21.7 Å². The lowest BCUT2D eigenvalue weighted by atomic mass is 9.81. The lowest BCUT2D eigenvalue weighted by molar-refractivity contribution is -0.167. The second-order valence-electron chi connectivity index (χ2n) is 18.6. The normalized spacial score (nSPS) is 18.5. The summed E-state index contributed by atoms with van der Waals surface area (Å²) in [4.78, 5) is 58.6. The van der Waals surface area contributed by atoms with Crippen LogP contribution in [0.25, 0.3) is 27.7 Å². The molecule has 3 aliphatic carbocycles. The number of nitrogens with zero attached hydrogens (tertiary/aromatic N) is 4. The first-order valence-electron chi connectivity index (χ1n) is 24.0. The van der Waals surface area contributed by atoms with Gasteiger partial charge in [-0.1, -0.05) is 109 Å². The summed E-state index contributed by atoms with van der Waals surface area (Å²) >= 11 is 12.9. The van der Waals surface area contributed by atoms with Gasteiger partial charge in [0.25, 0.3) is 0 Å². The summed E-state index contributed by atoms with van der Waals surface area (Å²) in [6.45, 7) is 0. The fraction of sp³-hybridized carbons (Fsp3) is 0.291. The van der Waals surface area contributed by atoms with Crippen molar-refractivity contribution in [3.8, 4) is 11.3 Å². The number of aromatic amines is 1. The molecule has 12 nitrogen and oxygen atoms in total. The minimum Gasteiger partial charge on any atom is -0.399 e. The average molecular weight is 1010 g/mol. The van der Waals surface area contributed by atoms with Crippen LogP contribution in [0.1, 0.15) is 79.3 Å². The second-order valence-corrected chi connectivity index (χ2v) is 19.4. The highest BCUT2D eigenvalue weighted by atomic mass is 35.5. The zero-order valence-corrected chi connectivity index (χ0v) is 40.6. The van der Waals surface area contributed by atoms with Crippen molar-refractivity contribution in [2.75, 3.05) is 21.7 Å². The lowest BCUT2D eigenvalue weighted by Gasteiger charge is -2.29. The number of nitrogen functional groups attached to an aromatic ring is 1. The summed E-state index contributed by atoms with van der Waals surface area (Å²) in [5.41, 5.74) is 14.9. The summed E-state index contributed by atoms with van der Waals surface area (Å²) in [7, 11) is 0. The first-order chi connectivity index (χ1) is 34.7. The number of aromatic nitrogens is 5. The number of ketones is 2. The zero-order valence-electron chi connectivity index (χ0n) is 39.1. The summed E-state index contributed by atoms with van der Waals surface area (Å²) in [5.74, 6) is -0.799. The number of carbonyl (C=O) groups is 3. The number of fused-ring (bicyclic) bond motifs is 2. The number of amides is 1. The Hall–Kier alpha value is -7.10. The molecule has 4 atom stereocenters. The van der Waals surface area contributed by atoms with Crippen LogP contribution in [0.5, 0.6) is 0 Å². The van der Waals surface area contributed by atoms with E-state index in [1.54, 1.807) is 29.8 Å². The molecule has 2 fully saturated rings. The molecule has 370 valence electrons. The minimum atomic E-state index is -4.96. The first kappa shape index (κ1) is 49.9. The number of anilines is 4. The van der Waals surface area contributed by atoms with Crippen LogP contribution in [0.15, 0.2) is 122 Å². The Kier molecular flexibility index (Phi) is 15.3. The van der Waals surface area contributed by atoms with Crippen LogP contribution in [0.2, 0.25) is 10.0 Å². The average Bonchev–Trinajstić information content (AvgIpc) is 4.02. The number of nitrogens with two attached hydrogens (primary N) is 1. The maximum atomic E-state index is 13.0. The predicted molar refractivity (Wildman–Crippen MR) is 277 cm³/mol. The van der Waals surface area contributed by atoms with Gasteiger partial charge >= 0.3 is 12.1 Å². The van der Waals surface area contributed by atoms with Gasteiger partial charge in [0.15, 0.2) is 0 Å². The van der Waals surface area contributed by atoms with Gasteiger partial charge in [-0.15, -0.1) is 0 Å². The van der Waals surface area contributed by atoms with E-state index in [9.17, 15) is 27.6 Å². The molecule has 3 heterocycles. The standard InChI is InChI=1S/C29H26ClF3N4O2.C26H26ClN5O/c30-24-16-34-28(37-26(24)23-13-10-18-4-1-2-7-22(18)23)36-21-6-3-5-19(15-21)25(38)14-17-8-11-20(12-9-17)35-27(39)29(31,32)33;27-22-15-30-26(32-25(22)21-14-29-23-7-2-1-6-20(21)23)31-19-5-3-4-17(13-19)24(33)12-16-8-10-18(28)11-9-16/h1-2,4,7-9,11-13,16,19,21H,3,5-6,10,14-15H2,(H,35,39)(H,34,36,37);1-2,6-11,14-15,17,19,29H,3-5,12-13,28H2,(H,30,31,32)/t19-,21+;17-,19+/m00/s1. The molecule has 0 bridgehead atoms. The number of benzene rings is 4. The van der Waals surface area contributed by atoms with E-state index < -0.39 is 12.1 Å². The third kappa shape index (κ3) is 12.1. The van der Waals surface area contributed by atoms with Crippen molar-refractivity contribution in [3.05, 3.63) is 160 Å². The highest BCUT2D eigenvalue weighted by Crippen LogP contribution is 2.37. The number of nitrogens with one attached hydrogen (secondary N) is 4. The van der Waals surface area contributed by atoms with E-state index in [2.05, 4.69) is 43.8 Å². The molecule has 0 unspecified atom stereocenters. The van der Waals surface area contributed by atoms with E-state index in [1.807, 2.05) is 66.9 Å². The van der Waals surface area contributed by atoms with Crippen molar-refractivity contribution in [3.63, 3.8) is 0 Å². The molecule has 10 rings (SSSR count). The summed E-state index contributed by atoms with van der Waals surface area (Å²) in [6.07, 6.45) is 10.6. The van der Waals surface area contributed by atoms with Gasteiger partial charge in [0, 0.05) is 76.4 Å². The van der Waals surface area contributed by atoms with Crippen molar-refractivity contribution in [2.45, 2.75) is 88.9 Å². The van der Waals surface area contributed by atoms with Crippen molar-refractivity contribution in [1.82, 2.24) is 24.9 Å². The fourth-order valence-electron chi connectivity index (χ4n) is 9.85. The van der Waals surface area contributed by atoms with Gasteiger partial charge in [0.2, 0.25) is 11.9 Å². The van der Waals surface area contributed by atoms with Gasteiger partial charge in [0.05, 0.1) is 33.8 Å². The van der Waals surface area contributed by atoms with E-state index in [0.717, 1.165) is 84.5 Å². The number of para-hydroxylation sites is 1. The van der Waals surface area contributed by atoms with Crippen LogP contribution in [0.4, 0.5) is 36.4 Å². The zero-order chi connectivity index (χ0) is 50.4. The molecule has 1 amide bonds. The Morgan fingerprint density at radius 1 is 0.681 bits per heavy atom. The molecule has 0 saturated heterocycles. The summed E-state index contributed by atoms with van der Waals surface area (Å²) < 4.78 is 37.3. The third-order valence-corrected chi connectivity index (χ3v) is 14.1. The number of carbonyl (C=O) groups excluding carboxylic acids is 3. The van der Waals surface area contributed by atoms with Gasteiger partial charge in [-0.05, 0) is 97.5 Å². The van der Waals surface area contributed by atoms with Crippen LogP contribution in [-0.4, -0.2) is 60.7 Å². The number of H-pyrrole nitrogens is 1. The highest BCUT2D eigenvalue weighted by Gasteiger charge is 2.38. The molecule has 4 aromatic carbocycles. The van der Waals surface area contributed by atoms with E-state index in [4.69, 9.17) is 38.9 Å². The maximum absolute atomic E-state index is 13.0. The van der Waals surface area contributed by atoms with E-state index in [1.165, 1.54) is 17.7 Å². The lowest BCUT2D eigenvalue weighted by Crippen LogP contribution is -2.32. The Morgan fingerprint density at radius 2 is 1.24 bits per heavy atom. The monoisotopic (exact) mass is 1010 g/mol. The Bertz CT molecular complexity index is 3130. The smallest absolute Gasteiger partial charge is 0.399 e. The number of hydrogen-bond donors (Lipinski definition) is 5. The van der Waals surface area contributed by atoms with Gasteiger partial charge in [-0.2, -0.15) is 13.2 Å². The molecular weight excluding hydrogens is 963 g/mol. The molecule has 72 heavy (non-hydrogen) atoms. The van der Waals surface area contributed by atoms with Gasteiger partial charge < -0.3 is 26.7 Å². The number of Topliss-reactive ketones (excluding diaryl/α,β-unsaturated/α-hetero) is 2. The molecule has 0 radical (unpaired) electrons. The van der Waals surface area contributed by atoms with Crippen LogP contribution in [0, 0.1) is 11.8 Å². The molecule has 0 aliphatic heterocycles. The molecular formula is C55H52Cl2F3N9O3. The largest absolute Gasteiger partial charge is 0.471 e. The molecule has 2 saturated carbocycles. The molecule has 6 N–H and O–H groups in total. The predicted octanol–water partition coefficient (Wildman–Crippen LogP) is 12.0. The second kappa shape index (κ2) is 22.1. The Morgan fingerprint density at radius 3 is 1.86 bits per heavy atom. The van der Waals surface area contributed by atoms with Gasteiger partial charge in [0.1, 0.15) is 11.6 Å². The Balaban J connectivity index is 0.000000180. The molecule has 0 spiro atoms. The van der Waals surface area contributed by atoms with E-state index in [-0.39, 0.29) is 47.6 Å². The summed E-state index contributed by atoms with van der Waals surface area (Å²) in [6, 6.07) is 29.8. The Labute approximate surface area is 424 Å². The van der Waals surface area contributed by atoms with Crippen LogP contribution in [-0.2, 0) is 33.6 Å². The van der Waals surface area contributed by atoms with Gasteiger partial charge in [-0.25, -0.2) is 19.9 Å². The van der Waals surface area contributed by atoms with E-state index in [0.29, 0.717) is 57.4 Å². The highest BCUT2D eigenvalue weighted by molar-refractivity contribution is 6.33. The number of hydrogen-bond acceptors (Lipinski definition) is 10. The third-order valence-electron chi connectivity index (χ3n) is 13.6. The minimum absolute atomic E-state index is 0.0199. The van der Waals surface area contributed by atoms with Gasteiger partial charge in [-0.3, -0.25) is 14.4 Å². The van der Waals surface area contributed by atoms with Crippen molar-refractivity contribution < 1.29 is 27.6 Å². The fourth-order valence-corrected chi connectivity index (χ4v) is 10.2. The number of rotatable bonds is 13. The van der Waals surface area contributed by atoms with Crippen LogP contribution in [0.3, 0.4) is 0 Å². The first-order valence-corrected chi connectivity index (χ1v) is 24.8. The van der Waals surface area contributed by atoms with Crippen molar-refractivity contribution in [1.29, 1.82) is 0 Å². The number of halogens is 5. The quantitative estimate of drug-likeness (QED) is 0.0698. The molecule has 3 aromatic heterocycles. The maximum Gasteiger partial charge on any atom is 0.471 e.